The molecule has 0 saturated heterocycles. The second-order valence-electron chi connectivity index (χ2n) is 15.2. The van der Waals surface area contributed by atoms with Crippen molar-refractivity contribution in [3.05, 3.63) is 0 Å². The van der Waals surface area contributed by atoms with E-state index < -0.39 is 30.4 Å². The van der Waals surface area contributed by atoms with Crippen LogP contribution in [0.15, 0.2) is 0 Å². The molecule has 2 atom stereocenters. The zero-order valence-electron chi connectivity index (χ0n) is 34.0. The van der Waals surface area contributed by atoms with Crippen LogP contribution in [0.1, 0.15) is 226 Å². The highest BCUT2D eigenvalue weighted by Gasteiger charge is 2.23. The lowest BCUT2D eigenvalue weighted by Gasteiger charge is -2.19. The molecule has 0 radical (unpaired) electrons. The van der Waals surface area contributed by atoms with Crippen LogP contribution >= 0.6 is 0 Å². The number of nitrogens with one attached hydrogen (secondary N) is 1. The van der Waals surface area contributed by atoms with Crippen LogP contribution in [0.25, 0.3) is 0 Å². The summed E-state index contributed by atoms with van der Waals surface area (Å²) in [5.41, 5.74) is 3.60. The maximum absolute atomic E-state index is 12.6. The molecule has 5 N–H and O–H groups in total. The summed E-state index contributed by atoms with van der Waals surface area (Å²) in [5.74, 6) is -2.39. The molecule has 2 unspecified atom stereocenters. The van der Waals surface area contributed by atoms with Crippen molar-refractivity contribution in [2.24, 2.45) is 0 Å². The number of amides is 1. The van der Waals surface area contributed by atoms with Gasteiger partial charge >= 0.3 is 17.9 Å². The van der Waals surface area contributed by atoms with Gasteiger partial charge in [0.25, 0.3) is 5.91 Å². The van der Waals surface area contributed by atoms with Gasteiger partial charge in [0.15, 0.2) is 12.1 Å². The fourth-order valence-electron chi connectivity index (χ4n) is 6.58. The number of rotatable bonds is 40. The van der Waals surface area contributed by atoms with Gasteiger partial charge < -0.3 is 25.6 Å². The van der Waals surface area contributed by atoms with Crippen LogP contribution in [0.2, 0.25) is 0 Å². The maximum atomic E-state index is 12.6. The number of unbranched alkanes of at least 4 members (excludes halogenated alkanes) is 28. The number of ether oxygens (including phenoxy) is 2. The predicted molar refractivity (Wildman–Crippen MR) is 212 cm³/mol. The number of aliphatic carboxylic acids is 1. The van der Waals surface area contributed by atoms with Crippen LogP contribution in [-0.4, -0.2) is 54.2 Å². The minimum atomic E-state index is -1.12. The Hall–Kier alpha value is -2.16. The number of quaternary nitrogens is 1. The third kappa shape index (κ3) is 36.2. The number of carboxylic acid groups (broad SMARTS) is 1. The summed E-state index contributed by atoms with van der Waals surface area (Å²) in [6.45, 7) is 4.30. The Morgan fingerprint density at radius 2 is 0.846 bits per heavy atom. The molecule has 0 aromatic carbocycles. The van der Waals surface area contributed by atoms with E-state index in [-0.39, 0.29) is 31.5 Å². The number of esters is 2. The van der Waals surface area contributed by atoms with E-state index in [1.807, 2.05) is 0 Å². The average Bonchev–Trinajstić information content (AvgIpc) is 3.12. The first kappa shape index (κ1) is 49.8. The molecule has 0 spiro atoms. The van der Waals surface area contributed by atoms with E-state index in [0.717, 1.165) is 38.5 Å². The summed E-state index contributed by atoms with van der Waals surface area (Å²) in [6.07, 6.45) is 36.9. The van der Waals surface area contributed by atoms with Gasteiger partial charge in [0.2, 0.25) is 0 Å². The quantitative estimate of drug-likeness (QED) is 0.0419. The Bertz CT molecular complexity index is 853. The lowest BCUT2D eigenvalue weighted by Crippen LogP contribution is -2.68. The van der Waals surface area contributed by atoms with E-state index in [4.69, 9.17) is 14.6 Å². The molecular formula is C43H83N2O7+. The molecule has 0 aromatic heterocycles. The van der Waals surface area contributed by atoms with Crippen molar-refractivity contribution in [2.75, 3.05) is 13.2 Å². The molecule has 1 amide bonds. The summed E-state index contributed by atoms with van der Waals surface area (Å²) in [7, 11) is 0. The normalized spacial score (nSPS) is 12.4. The minimum absolute atomic E-state index is 0.0681. The van der Waals surface area contributed by atoms with Crippen LogP contribution in [0, 0.1) is 0 Å². The molecule has 9 nitrogen and oxygen atoms in total. The van der Waals surface area contributed by atoms with Gasteiger partial charge in [0, 0.05) is 12.8 Å². The third-order valence-corrected chi connectivity index (χ3v) is 9.99. The zero-order valence-corrected chi connectivity index (χ0v) is 34.0. The molecule has 0 aliphatic heterocycles. The van der Waals surface area contributed by atoms with Gasteiger partial charge in [-0.25, -0.2) is 0 Å². The average molecular weight is 740 g/mol. The first-order valence-corrected chi connectivity index (χ1v) is 22.0. The Morgan fingerprint density at radius 1 is 0.519 bits per heavy atom. The Labute approximate surface area is 319 Å². The van der Waals surface area contributed by atoms with Crippen molar-refractivity contribution in [3.8, 4) is 0 Å². The molecule has 0 aromatic rings. The SMILES string of the molecule is CCCCCCCCCCCCCCCCCC(=O)OCC(CNC(=O)C([NH3+])CC(=O)O)OC(=O)CCCCCCCCCCCCCCCCC. The third-order valence-electron chi connectivity index (χ3n) is 9.99. The van der Waals surface area contributed by atoms with Crippen LogP contribution in [0.4, 0.5) is 0 Å². The standard InChI is InChI=1S/C43H82N2O7/c1-3-5-7-9-11-13-15-17-19-21-23-25-27-29-31-33-41(48)51-37-38(36-45-43(50)39(44)35-40(46)47)52-42(49)34-32-30-28-26-24-22-20-18-16-14-12-10-8-6-4-2/h38-39H,3-37,44H2,1-2H3,(H,45,50)(H,46,47)/p+1. The number of carbonyl (C=O) groups is 4. The Balaban J connectivity index is 4.17. The molecule has 0 rings (SSSR count). The summed E-state index contributed by atoms with van der Waals surface area (Å²) >= 11 is 0. The lowest BCUT2D eigenvalue weighted by atomic mass is 10.0. The molecule has 0 saturated carbocycles. The Kier molecular flexibility index (Phi) is 37.0. The van der Waals surface area contributed by atoms with Gasteiger partial charge in [-0.2, -0.15) is 0 Å². The summed E-state index contributed by atoms with van der Waals surface area (Å²) < 4.78 is 11.0. The molecule has 0 bridgehead atoms. The zero-order chi connectivity index (χ0) is 38.3. The molecule has 0 aliphatic carbocycles. The molecular weight excluding hydrogens is 656 g/mol. The number of carbonyl (C=O) groups excluding carboxylic acids is 3. The smallest absolute Gasteiger partial charge is 0.309 e. The van der Waals surface area contributed by atoms with Gasteiger partial charge in [0.1, 0.15) is 13.0 Å². The fraction of sp³-hybridized carbons (Fsp3) is 0.907. The van der Waals surface area contributed by atoms with E-state index in [2.05, 4.69) is 24.9 Å². The first-order chi connectivity index (χ1) is 25.3. The van der Waals surface area contributed by atoms with Gasteiger partial charge in [-0.15, -0.1) is 0 Å². The van der Waals surface area contributed by atoms with Crippen LogP contribution in [-0.2, 0) is 28.7 Å². The van der Waals surface area contributed by atoms with E-state index in [0.29, 0.717) is 6.42 Å². The van der Waals surface area contributed by atoms with Gasteiger partial charge in [-0.1, -0.05) is 194 Å². The predicted octanol–water partition coefficient (Wildman–Crippen LogP) is 10.2. The van der Waals surface area contributed by atoms with Crippen LogP contribution in [0.3, 0.4) is 0 Å². The van der Waals surface area contributed by atoms with Crippen LogP contribution < -0.4 is 11.1 Å². The molecule has 9 heteroatoms. The summed E-state index contributed by atoms with van der Waals surface area (Å²) in [5, 5.41) is 11.6. The van der Waals surface area contributed by atoms with E-state index in [9.17, 15) is 19.2 Å². The van der Waals surface area contributed by atoms with E-state index >= 15 is 0 Å². The lowest BCUT2D eigenvalue weighted by molar-refractivity contribution is -0.403. The van der Waals surface area contributed by atoms with Gasteiger partial charge in [-0.3, -0.25) is 19.2 Å². The number of hydrogen-bond acceptors (Lipinski definition) is 6. The van der Waals surface area contributed by atoms with E-state index in [1.54, 1.807) is 0 Å². The summed E-state index contributed by atoms with van der Waals surface area (Å²) in [4.78, 5) is 48.3. The second kappa shape index (κ2) is 38.6. The first-order valence-electron chi connectivity index (χ1n) is 22.0. The molecule has 0 heterocycles. The molecule has 0 fully saturated rings. The van der Waals surface area contributed by atoms with Crippen molar-refractivity contribution >= 4 is 23.8 Å². The second-order valence-corrected chi connectivity index (χ2v) is 15.2. The maximum Gasteiger partial charge on any atom is 0.309 e. The topological polar surface area (TPSA) is 147 Å². The van der Waals surface area contributed by atoms with Crippen molar-refractivity contribution in [3.63, 3.8) is 0 Å². The summed E-state index contributed by atoms with van der Waals surface area (Å²) in [6, 6.07) is -0.971. The van der Waals surface area contributed by atoms with Crippen LogP contribution in [0.5, 0.6) is 0 Å². The minimum Gasteiger partial charge on any atom is -0.481 e. The Morgan fingerprint density at radius 3 is 1.19 bits per heavy atom. The highest BCUT2D eigenvalue weighted by Crippen LogP contribution is 2.16. The van der Waals surface area contributed by atoms with Gasteiger partial charge in [0.05, 0.1) is 6.54 Å². The van der Waals surface area contributed by atoms with Crippen molar-refractivity contribution in [1.82, 2.24) is 5.32 Å². The largest absolute Gasteiger partial charge is 0.481 e. The number of hydrogen-bond donors (Lipinski definition) is 3. The fourth-order valence-corrected chi connectivity index (χ4v) is 6.58. The van der Waals surface area contributed by atoms with Gasteiger partial charge in [-0.05, 0) is 12.8 Å². The molecule has 0 aliphatic rings. The highest BCUT2D eigenvalue weighted by atomic mass is 16.6. The van der Waals surface area contributed by atoms with Crippen molar-refractivity contribution < 1.29 is 39.5 Å². The monoisotopic (exact) mass is 740 g/mol. The number of carboxylic acids is 1. The van der Waals surface area contributed by atoms with Crippen molar-refractivity contribution in [2.45, 2.75) is 238 Å². The van der Waals surface area contributed by atoms with E-state index in [1.165, 1.54) is 154 Å². The van der Waals surface area contributed by atoms with Crippen molar-refractivity contribution in [1.29, 1.82) is 0 Å². The molecule has 52 heavy (non-hydrogen) atoms. The molecule has 306 valence electrons. The highest BCUT2D eigenvalue weighted by molar-refractivity contribution is 5.84.